The fraction of sp³-hybridized carbons (Fsp3) is 0.375. The van der Waals surface area contributed by atoms with Gasteiger partial charge in [0.15, 0.2) is 4.34 Å². The Hall–Kier alpha value is -1.48. The first-order valence-electron chi connectivity index (χ1n) is 4.84. The number of aromatic carboxylic acids is 1. The van der Waals surface area contributed by atoms with Crippen LogP contribution in [0.1, 0.15) is 23.0 Å². The third kappa shape index (κ3) is 3.01. The summed E-state index contributed by atoms with van der Waals surface area (Å²) < 4.78 is 0.596. The molecule has 2 aromatic heterocycles. The zero-order valence-electron chi connectivity index (χ0n) is 8.90. The number of hydrogen-bond acceptors (Lipinski definition) is 7. The maximum Gasteiger partial charge on any atom is 0.347 e. The minimum atomic E-state index is -0.975. The van der Waals surface area contributed by atoms with Crippen molar-refractivity contribution in [3.8, 4) is 0 Å². The fourth-order valence-electron chi connectivity index (χ4n) is 1.05. The average Bonchev–Trinajstić information content (AvgIpc) is 2.89. The molecule has 0 spiro atoms. The number of aryl methyl sites for hydroxylation is 1. The predicted molar refractivity (Wildman–Crippen MR) is 61.3 cm³/mol. The third-order valence-corrected chi connectivity index (χ3v) is 3.64. The van der Waals surface area contributed by atoms with Crippen LogP contribution in [0.25, 0.3) is 0 Å². The molecular weight excluding hydrogens is 262 g/mol. The van der Waals surface area contributed by atoms with Gasteiger partial charge in [-0.3, -0.25) is 0 Å². The number of tetrazole rings is 1. The quantitative estimate of drug-likeness (QED) is 0.878. The van der Waals surface area contributed by atoms with Gasteiger partial charge >= 0.3 is 5.97 Å². The molecule has 17 heavy (non-hydrogen) atoms. The van der Waals surface area contributed by atoms with Crippen LogP contribution >= 0.6 is 23.1 Å². The summed E-state index contributed by atoms with van der Waals surface area (Å²) in [5.74, 6) is -0.975. The highest BCUT2D eigenvalue weighted by atomic mass is 32.2. The largest absolute Gasteiger partial charge is 0.477 e. The van der Waals surface area contributed by atoms with Crippen molar-refractivity contribution < 1.29 is 9.90 Å². The maximum absolute atomic E-state index is 10.7. The van der Waals surface area contributed by atoms with Gasteiger partial charge in [0.25, 0.3) is 0 Å². The predicted octanol–water partition coefficient (Wildman–Crippen LogP) is 1.39. The van der Waals surface area contributed by atoms with E-state index in [1.165, 1.54) is 22.8 Å². The molecule has 2 aromatic rings. The molecule has 0 unspecified atom stereocenters. The van der Waals surface area contributed by atoms with Crippen molar-refractivity contribution in [3.05, 3.63) is 11.1 Å². The van der Waals surface area contributed by atoms with E-state index in [1.807, 2.05) is 6.92 Å². The number of nitrogens with zero attached hydrogens (tertiary/aromatic N) is 5. The van der Waals surface area contributed by atoms with Crippen LogP contribution < -0.4 is 0 Å². The molecule has 0 bridgehead atoms. The molecule has 0 aliphatic heterocycles. The van der Waals surface area contributed by atoms with E-state index in [0.717, 1.165) is 17.8 Å². The molecule has 0 aliphatic carbocycles. The van der Waals surface area contributed by atoms with Crippen LogP contribution in [-0.2, 0) is 6.54 Å². The fourth-order valence-corrected chi connectivity index (χ4v) is 2.67. The number of rotatable bonds is 5. The summed E-state index contributed by atoms with van der Waals surface area (Å²) in [7, 11) is 0. The van der Waals surface area contributed by atoms with Gasteiger partial charge in [-0.1, -0.05) is 6.92 Å². The number of carboxylic acid groups (broad SMARTS) is 1. The van der Waals surface area contributed by atoms with Crippen LogP contribution in [-0.4, -0.2) is 36.3 Å². The molecule has 9 heteroatoms. The zero-order chi connectivity index (χ0) is 12.3. The van der Waals surface area contributed by atoms with Crippen LogP contribution in [0.4, 0.5) is 0 Å². The Balaban J connectivity index is 2.05. The summed E-state index contributed by atoms with van der Waals surface area (Å²) in [6.07, 6.45) is 2.26. The number of carbonyl (C=O) groups is 1. The Kier molecular flexibility index (Phi) is 3.69. The van der Waals surface area contributed by atoms with Crippen molar-refractivity contribution in [2.24, 2.45) is 0 Å². The Morgan fingerprint density at radius 2 is 2.47 bits per heavy atom. The summed E-state index contributed by atoms with van der Waals surface area (Å²) >= 11 is 2.30. The van der Waals surface area contributed by atoms with Gasteiger partial charge < -0.3 is 5.11 Å². The summed E-state index contributed by atoms with van der Waals surface area (Å²) in [6, 6.07) is 0. The van der Waals surface area contributed by atoms with Crippen molar-refractivity contribution in [1.29, 1.82) is 0 Å². The van der Waals surface area contributed by atoms with E-state index in [9.17, 15) is 4.79 Å². The molecule has 1 N–H and O–H groups in total. The maximum atomic E-state index is 10.7. The molecule has 0 saturated heterocycles. The highest BCUT2D eigenvalue weighted by Crippen LogP contribution is 2.28. The molecule has 0 fully saturated rings. The smallest absolute Gasteiger partial charge is 0.347 e. The van der Waals surface area contributed by atoms with Gasteiger partial charge in [0.05, 0.1) is 12.7 Å². The normalized spacial score (nSPS) is 10.6. The highest BCUT2D eigenvalue weighted by molar-refractivity contribution is 8.00. The van der Waals surface area contributed by atoms with E-state index in [4.69, 9.17) is 5.11 Å². The zero-order valence-corrected chi connectivity index (χ0v) is 10.5. The molecule has 2 rings (SSSR count). The summed E-state index contributed by atoms with van der Waals surface area (Å²) in [4.78, 5) is 16.4. The second-order valence-electron chi connectivity index (χ2n) is 3.07. The van der Waals surface area contributed by atoms with Gasteiger partial charge in [0.1, 0.15) is 4.88 Å². The molecule has 0 atom stereocenters. The number of thiazole rings is 1. The Morgan fingerprint density at radius 1 is 1.65 bits per heavy atom. The monoisotopic (exact) mass is 271 g/mol. The van der Waals surface area contributed by atoms with Crippen LogP contribution in [0, 0.1) is 0 Å². The molecule has 90 valence electrons. The lowest BCUT2D eigenvalue weighted by Crippen LogP contribution is -2.00. The van der Waals surface area contributed by atoms with E-state index in [0.29, 0.717) is 16.0 Å². The average molecular weight is 271 g/mol. The lowest BCUT2D eigenvalue weighted by Gasteiger charge is -1.90. The van der Waals surface area contributed by atoms with Gasteiger partial charge in [-0.05, 0) is 23.4 Å². The van der Waals surface area contributed by atoms with Crippen molar-refractivity contribution in [2.75, 3.05) is 0 Å². The van der Waals surface area contributed by atoms with Crippen molar-refractivity contribution in [3.63, 3.8) is 0 Å². The SMILES string of the molecule is CCCn1nnc(Sc2ncc(C(=O)O)s2)n1. The number of hydrogen-bond donors (Lipinski definition) is 1. The van der Waals surface area contributed by atoms with E-state index >= 15 is 0 Å². The van der Waals surface area contributed by atoms with Crippen LogP contribution in [0.5, 0.6) is 0 Å². The summed E-state index contributed by atoms with van der Waals surface area (Å²) in [5.41, 5.74) is 0. The van der Waals surface area contributed by atoms with E-state index in [-0.39, 0.29) is 4.88 Å². The summed E-state index contributed by atoms with van der Waals surface area (Å²) in [5, 5.41) is 21.1. The van der Waals surface area contributed by atoms with Crippen LogP contribution in [0.3, 0.4) is 0 Å². The molecule has 0 saturated carbocycles. The minimum absolute atomic E-state index is 0.202. The van der Waals surface area contributed by atoms with Crippen LogP contribution in [0.2, 0.25) is 0 Å². The Labute approximate surface area is 105 Å². The highest BCUT2D eigenvalue weighted by Gasteiger charge is 2.12. The van der Waals surface area contributed by atoms with Gasteiger partial charge in [0.2, 0.25) is 5.16 Å². The lowest BCUT2D eigenvalue weighted by atomic mass is 10.5. The standard InChI is InChI=1S/C8H9N5O2S2/c1-2-3-13-11-7(10-12-13)17-8-9-4-5(16-8)6(14)15/h4H,2-3H2,1H3,(H,14,15). The lowest BCUT2D eigenvalue weighted by molar-refractivity contribution is 0.0702. The van der Waals surface area contributed by atoms with Gasteiger partial charge in [-0.25, -0.2) is 9.78 Å². The Morgan fingerprint density at radius 3 is 3.12 bits per heavy atom. The molecular formula is C8H9N5O2S2. The summed E-state index contributed by atoms with van der Waals surface area (Å²) in [6.45, 7) is 2.74. The van der Waals surface area contributed by atoms with Crippen molar-refractivity contribution in [1.82, 2.24) is 25.2 Å². The topological polar surface area (TPSA) is 93.8 Å². The van der Waals surface area contributed by atoms with Crippen molar-refractivity contribution in [2.45, 2.75) is 29.4 Å². The first kappa shape index (κ1) is 12.0. The van der Waals surface area contributed by atoms with Gasteiger partial charge in [-0.2, -0.15) is 4.80 Å². The first-order chi connectivity index (χ1) is 8.19. The molecule has 0 radical (unpaired) electrons. The molecule has 0 amide bonds. The van der Waals surface area contributed by atoms with Crippen LogP contribution in [0.15, 0.2) is 15.7 Å². The Bertz CT molecular complexity index is 523. The van der Waals surface area contributed by atoms with E-state index in [2.05, 4.69) is 20.4 Å². The molecule has 7 nitrogen and oxygen atoms in total. The minimum Gasteiger partial charge on any atom is -0.477 e. The second-order valence-corrected chi connectivity index (χ2v) is 5.31. The second kappa shape index (κ2) is 5.23. The molecule has 0 aromatic carbocycles. The third-order valence-electron chi connectivity index (χ3n) is 1.73. The van der Waals surface area contributed by atoms with Crippen molar-refractivity contribution >= 4 is 29.1 Å². The van der Waals surface area contributed by atoms with Gasteiger partial charge in [0, 0.05) is 0 Å². The number of carboxylic acids is 1. The van der Waals surface area contributed by atoms with Gasteiger partial charge in [-0.15, -0.1) is 21.5 Å². The molecule has 2 heterocycles. The number of aromatic nitrogens is 5. The molecule has 0 aliphatic rings. The van der Waals surface area contributed by atoms with E-state index < -0.39 is 5.97 Å². The first-order valence-corrected chi connectivity index (χ1v) is 6.47. The van der Waals surface area contributed by atoms with E-state index in [1.54, 1.807) is 0 Å².